The van der Waals surface area contributed by atoms with E-state index in [2.05, 4.69) is 5.43 Å². The lowest BCUT2D eigenvalue weighted by atomic mass is 10.1. The number of nitrogens with zero attached hydrogens (tertiary/aromatic N) is 1. The number of hydrogen-bond acceptors (Lipinski definition) is 3. The Morgan fingerprint density at radius 3 is 2.68 bits per heavy atom. The molecule has 0 unspecified atom stereocenters. The Morgan fingerprint density at radius 2 is 1.96 bits per heavy atom. The summed E-state index contributed by atoms with van der Waals surface area (Å²) in [5.41, 5.74) is 7.54. The average molecular weight is 336 g/mol. The second-order valence-corrected chi connectivity index (χ2v) is 5.96. The molecule has 4 heteroatoms. The monoisotopic (exact) mass is 336 g/mol. The number of aliphatic hydroxyl groups is 1. The van der Waals surface area contributed by atoms with Gasteiger partial charge in [0.15, 0.2) is 0 Å². The lowest BCUT2D eigenvalue weighted by Crippen LogP contribution is -2.35. The summed E-state index contributed by atoms with van der Waals surface area (Å²) in [4.78, 5) is 0. The molecular formula is C21H21FN2O. The largest absolute Gasteiger partial charge is 0.392 e. The highest BCUT2D eigenvalue weighted by Crippen LogP contribution is 2.21. The zero-order valence-electron chi connectivity index (χ0n) is 14.1. The van der Waals surface area contributed by atoms with Crippen molar-refractivity contribution < 1.29 is 9.50 Å². The summed E-state index contributed by atoms with van der Waals surface area (Å²) in [6.45, 7) is 2.32. The topological polar surface area (TPSA) is 35.5 Å². The van der Waals surface area contributed by atoms with E-state index in [1.165, 1.54) is 6.07 Å². The minimum Gasteiger partial charge on any atom is -0.392 e. The fraction of sp³-hybridized carbons (Fsp3) is 0.143. The molecule has 3 nitrogen and oxygen atoms in total. The highest BCUT2D eigenvalue weighted by atomic mass is 19.1. The maximum atomic E-state index is 13.5. The zero-order valence-corrected chi connectivity index (χ0v) is 14.1. The number of halogens is 1. The van der Waals surface area contributed by atoms with Gasteiger partial charge in [-0.25, -0.2) is 4.39 Å². The molecule has 128 valence electrons. The molecule has 3 rings (SSSR count). The maximum Gasteiger partial charge on any atom is 0.126 e. The number of hydrogen-bond donors (Lipinski definition) is 2. The van der Waals surface area contributed by atoms with Crippen LogP contribution >= 0.6 is 0 Å². The third-order valence-corrected chi connectivity index (χ3v) is 3.98. The van der Waals surface area contributed by atoms with E-state index >= 15 is 0 Å². The van der Waals surface area contributed by atoms with Crippen molar-refractivity contribution in [3.05, 3.63) is 95.0 Å². The summed E-state index contributed by atoms with van der Waals surface area (Å²) in [6, 6.07) is 15.1. The van der Waals surface area contributed by atoms with E-state index in [-0.39, 0.29) is 12.4 Å². The van der Waals surface area contributed by atoms with Gasteiger partial charge >= 0.3 is 0 Å². The highest BCUT2D eigenvalue weighted by molar-refractivity contribution is 5.68. The molecule has 2 aromatic carbocycles. The van der Waals surface area contributed by atoms with Gasteiger partial charge in [-0.3, -0.25) is 10.4 Å². The van der Waals surface area contributed by atoms with Gasteiger partial charge in [-0.15, -0.1) is 0 Å². The number of aryl methyl sites for hydroxylation is 1. The Balaban J connectivity index is 1.74. The van der Waals surface area contributed by atoms with E-state index in [1.807, 2.05) is 59.8 Å². The molecule has 0 amide bonds. The van der Waals surface area contributed by atoms with E-state index in [9.17, 15) is 9.50 Å². The van der Waals surface area contributed by atoms with Gasteiger partial charge in [0, 0.05) is 6.20 Å². The van der Waals surface area contributed by atoms with Gasteiger partial charge in [-0.05, 0) is 53.5 Å². The molecule has 0 atom stereocenters. The summed E-state index contributed by atoms with van der Waals surface area (Å²) in [7, 11) is 0. The molecular weight excluding hydrogens is 315 g/mol. The molecule has 2 aromatic rings. The molecule has 0 saturated heterocycles. The van der Waals surface area contributed by atoms with E-state index in [0.717, 1.165) is 22.4 Å². The van der Waals surface area contributed by atoms with Crippen molar-refractivity contribution in [1.29, 1.82) is 0 Å². The first kappa shape index (κ1) is 17.0. The Hall–Kier alpha value is -2.85. The van der Waals surface area contributed by atoms with Gasteiger partial charge in [0.25, 0.3) is 0 Å². The molecule has 1 aliphatic heterocycles. The molecule has 1 heterocycles. The number of nitrogens with one attached hydrogen (secondary N) is 1. The molecule has 25 heavy (non-hydrogen) atoms. The van der Waals surface area contributed by atoms with Crippen molar-refractivity contribution >= 4 is 11.8 Å². The van der Waals surface area contributed by atoms with Crippen LogP contribution in [0.5, 0.6) is 0 Å². The van der Waals surface area contributed by atoms with E-state index in [0.29, 0.717) is 12.1 Å². The summed E-state index contributed by atoms with van der Waals surface area (Å²) >= 11 is 0. The van der Waals surface area contributed by atoms with Gasteiger partial charge in [0.05, 0.1) is 18.8 Å². The van der Waals surface area contributed by atoms with Gasteiger partial charge < -0.3 is 5.11 Å². The van der Waals surface area contributed by atoms with E-state index < -0.39 is 0 Å². The Kier molecular flexibility index (Phi) is 5.31. The average Bonchev–Trinajstić information content (AvgIpc) is 2.64. The zero-order chi connectivity index (χ0) is 17.6. The molecule has 0 aliphatic carbocycles. The molecule has 0 radical (unpaired) electrons. The molecule has 0 bridgehead atoms. The minimum atomic E-state index is -0.222. The lowest BCUT2D eigenvalue weighted by Gasteiger charge is -2.28. The fourth-order valence-corrected chi connectivity index (χ4v) is 2.65. The standard InChI is InChI=1S/C21H21FN2O/c1-16-12-19(9-10-20(16)22)21-13-18(15-25)14-24(23-21)11-5-8-17-6-3-2-4-7-17/h2-10,12-14,23,25H,11,15H2,1H3. The van der Waals surface area contributed by atoms with Crippen LogP contribution in [-0.2, 0) is 0 Å². The van der Waals surface area contributed by atoms with Crippen LogP contribution in [0.3, 0.4) is 0 Å². The second kappa shape index (κ2) is 7.81. The molecule has 1 aliphatic rings. The first-order valence-electron chi connectivity index (χ1n) is 8.20. The van der Waals surface area contributed by atoms with Crippen molar-refractivity contribution in [2.24, 2.45) is 0 Å². The number of hydrazine groups is 1. The third-order valence-electron chi connectivity index (χ3n) is 3.98. The highest BCUT2D eigenvalue weighted by Gasteiger charge is 2.12. The third kappa shape index (κ3) is 4.37. The lowest BCUT2D eigenvalue weighted by molar-refractivity contribution is 0.313. The normalized spacial score (nSPS) is 14.3. The quantitative estimate of drug-likeness (QED) is 0.870. The van der Waals surface area contributed by atoms with Gasteiger partial charge in [0.1, 0.15) is 5.82 Å². The van der Waals surface area contributed by atoms with Gasteiger partial charge in [-0.1, -0.05) is 42.5 Å². The van der Waals surface area contributed by atoms with Crippen molar-refractivity contribution in [3.8, 4) is 0 Å². The maximum absolute atomic E-state index is 13.5. The Labute approximate surface area is 147 Å². The smallest absolute Gasteiger partial charge is 0.126 e. The number of benzene rings is 2. The summed E-state index contributed by atoms with van der Waals surface area (Å²) in [5, 5.41) is 11.4. The number of rotatable bonds is 5. The van der Waals surface area contributed by atoms with Gasteiger partial charge in [-0.2, -0.15) is 0 Å². The molecule has 0 aromatic heterocycles. The van der Waals surface area contributed by atoms with Crippen molar-refractivity contribution in [2.75, 3.05) is 13.2 Å². The Morgan fingerprint density at radius 1 is 1.16 bits per heavy atom. The summed E-state index contributed by atoms with van der Waals surface area (Å²) in [6.07, 6.45) is 7.85. The second-order valence-electron chi connectivity index (χ2n) is 5.96. The fourth-order valence-electron chi connectivity index (χ4n) is 2.65. The van der Waals surface area contributed by atoms with Crippen molar-refractivity contribution in [3.63, 3.8) is 0 Å². The number of aliphatic hydroxyl groups excluding tert-OH is 1. The molecule has 0 spiro atoms. The predicted octanol–water partition coefficient (Wildman–Crippen LogP) is 3.88. The first-order valence-corrected chi connectivity index (χ1v) is 8.20. The van der Waals surface area contributed by atoms with Gasteiger partial charge in [0.2, 0.25) is 0 Å². The van der Waals surface area contributed by atoms with Crippen LogP contribution in [0.2, 0.25) is 0 Å². The van der Waals surface area contributed by atoms with Crippen molar-refractivity contribution in [2.45, 2.75) is 6.92 Å². The first-order chi connectivity index (χ1) is 12.2. The van der Waals surface area contributed by atoms with E-state index in [4.69, 9.17) is 0 Å². The van der Waals surface area contributed by atoms with Crippen LogP contribution in [0.15, 0.2) is 72.5 Å². The van der Waals surface area contributed by atoms with Crippen LogP contribution in [0.25, 0.3) is 11.8 Å². The van der Waals surface area contributed by atoms with Crippen molar-refractivity contribution in [1.82, 2.24) is 10.4 Å². The van der Waals surface area contributed by atoms with E-state index in [1.54, 1.807) is 19.1 Å². The van der Waals surface area contributed by atoms with Crippen LogP contribution < -0.4 is 5.43 Å². The summed E-state index contributed by atoms with van der Waals surface area (Å²) < 4.78 is 13.5. The molecule has 0 saturated carbocycles. The molecule has 0 fully saturated rings. The van der Waals surface area contributed by atoms with Crippen LogP contribution in [0.1, 0.15) is 16.7 Å². The molecule has 2 N–H and O–H groups in total. The Bertz CT molecular complexity index is 825. The predicted molar refractivity (Wildman–Crippen MR) is 99.6 cm³/mol. The van der Waals surface area contributed by atoms with Crippen LogP contribution in [0, 0.1) is 12.7 Å². The van der Waals surface area contributed by atoms with Crippen LogP contribution in [-0.4, -0.2) is 23.3 Å². The van der Waals surface area contributed by atoms with Crippen LogP contribution in [0.4, 0.5) is 4.39 Å². The minimum absolute atomic E-state index is 0.0513. The summed E-state index contributed by atoms with van der Waals surface area (Å²) in [5.74, 6) is -0.222. The SMILES string of the molecule is Cc1cc(C2=CC(CO)=CN(CC=Cc3ccccc3)N2)ccc1F.